The van der Waals surface area contributed by atoms with Crippen LogP contribution in [0.1, 0.15) is 17.9 Å². The van der Waals surface area contributed by atoms with E-state index in [9.17, 15) is 9.59 Å². The second-order valence-corrected chi connectivity index (χ2v) is 4.55. The Hall–Kier alpha value is -2.01. The van der Waals surface area contributed by atoms with Gasteiger partial charge in [-0.15, -0.1) is 0 Å². The molecule has 0 aliphatic heterocycles. The molecule has 2 N–H and O–H groups in total. The fraction of sp³-hybridized carbons (Fsp3) is 0.286. The molecule has 1 rings (SSSR count). The molecule has 1 atom stereocenters. The molecule has 1 unspecified atom stereocenters. The first-order chi connectivity index (χ1) is 9.52. The van der Waals surface area contributed by atoms with Crippen molar-refractivity contribution in [3.05, 3.63) is 47.5 Å². The largest absolute Gasteiger partial charge is 0.481 e. The number of carbonyl (C=O) groups is 2. The van der Waals surface area contributed by atoms with Crippen molar-refractivity contribution in [2.45, 2.75) is 12.3 Å². The van der Waals surface area contributed by atoms with Gasteiger partial charge >= 0.3 is 12.1 Å². The summed E-state index contributed by atoms with van der Waals surface area (Å²) in [5.74, 6) is -1.28. The molecular formula is C14H16ClNO4. The second kappa shape index (κ2) is 8.22. The number of rotatable bonds is 7. The SMILES string of the molecule is C=CCOC(=O)NCC(CC(=O)O)c1ccc(Cl)cc1. The molecule has 1 aromatic rings. The molecule has 0 spiro atoms. The zero-order valence-corrected chi connectivity index (χ0v) is 11.6. The predicted octanol–water partition coefficient (Wildman–Crippen LogP) is 2.81. The minimum absolute atomic E-state index is 0.0939. The van der Waals surface area contributed by atoms with E-state index < -0.39 is 12.1 Å². The van der Waals surface area contributed by atoms with Crippen LogP contribution in [0, 0.1) is 0 Å². The van der Waals surface area contributed by atoms with E-state index in [1.54, 1.807) is 24.3 Å². The first-order valence-electron chi connectivity index (χ1n) is 6.01. The van der Waals surface area contributed by atoms with E-state index in [4.69, 9.17) is 21.4 Å². The minimum Gasteiger partial charge on any atom is -0.481 e. The molecule has 0 heterocycles. The molecular weight excluding hydrogens is 282 g/mol. The van der Waals surface area contributed by atoms with Crippen LogP contribution in [-0.2, 0) is 9.53 Å². The number of benzene rings is 1. The number of hydrogen-bond acceptors (Lipinski definition) is 3. The maximum Gasteiger partial charge on any atom is 0.407 e. The Morgan fingerprint density at radius 2 is 2.05 bits per heavy atom. The maximum atomic E-state index is 11.3. The average molecular weight is 298 g/mol. The molecule has 6 heteroatoms. The highest BCUT2D eigenvalue weighted by molar-refractivity contribution is 6.30. The number of alkyl carbamates (subject to hydrolysis) is 1. The van der Waals surface area contributed by atoms with Crippen LogP contribution in [0.4, 0.5) is 4.79 Å². The number of ether oxygens (including phenoxy) is 1. The van der Waals surface area contributed by atoms with Crippen LogP contribution in [0.25, 0.3) is 0 Å². The molecule has 0 saturated heterocycles. The summed E-state index contributed by atoms with van der Waals surface area (Å²) in [6.07, 6.45) is 0.755. The molecule has 5 nitrogen and oxygen atoms in total. The Balaban J connectivity index is 2.65. The molecule has 0 bridgehead atoms. The van der Waals surface area contributed by atoms with Gasteiger partial charge in [-0.05, 0) is 17.7 Å². The Labute approximate surface area is 122 Å². The molecule has 1 amide bonds. The highest BCUT2D eigenvalue weighted by Crippen LogP contribution is 2.21. The van der Waals surface area contributed by atoms with Crippen LogP contribution in [-0.4, -0.2) is 30.3 Å². The molecule has 0 saturated carbocycles. The molecule has 0 radical (unpaired) electrons. The fourth-order valence-corrected chi connectivity index (χ4v) is 1.77. The van der Waals surface area contributed by atoms with Crippen LogP contribution < -0.4 is 5.32 Å². The summed E-state index contributed by atoms with van der Waals surface area (Å²) in [5.41, 5.74) is 0.792. The van der Waals surface area contributed by atoms with E-state index in [0.717, 1.165) is 5.56 Å². The van der Waals surface area contributed by atoms with Crippen molar-refractivity contribution in [1.82, 2.24) is 5.32 Å². The van der Waals surface area contributed by atoms with Crippen LogP contribution in [0.3, 0.4) is 0 Å². The second-order valence-electron chi connectivity index (χ2n) is 4.11. The van der Waals surface area contributed by atoms with Crippen molar-refractivity contribution in [3.63, 3.8) is 0 Å². The summed E-state index contributed by atoms with van der Waals surface area (Å²) in [7, 11) is 0. The van der Waals surface area contributed by atoms with E-state index in [1.807, 2.05) is 0 Å². The van der Waals surface area contributed by atoms with Crippen LogP contribution in [0.5, 0.6) is 0 Å². The average Bonchev–Trinajstić information content (AvgIpc) is 2.41. The minimum atomic E-state index is -0.939. The Morgan fingerprint density at radius 3 is 2.60 bits per heavy atom. The van der Waals surface area contributed by atoms with E-state index in [0.29, 0.717) is 5.02 Å². The number of amides is 1. The predicted molar refractivity (Wildman–Crippen MR) is 76.0 cm³/mol. The van der Waals surface area contributed by atoms with Crippen LogP contribution >= 0.6 is 11.6 Å². The normalized spacial score (nSPS) is 11.4. The zero-order chi connectivity index (χ0) is 15.0. The Kier molecular flexibility index (Phi) is 6.59. The van der Waals surface area contributed by atoms with E-state index in [2.05, 4.69) is 11.9 Å². The first kappa shape index (κ1) is 16.0. The van der Waals surface area contributed by atoms with Gasteiger partial charge in [0.05, 0.1) is 6.42 Å². The quantitative estimate of drug-likeness (QED) is 0.759. The molecule has 0 aromatic heterocycles. The van der Waals surface area contributed by atoms with Crippen molar-refractivity contribution in [1.29, 1.82) is 0 Å². The third kappa shape index (κ3) is 5.75. The lowest BCUT2D eigenvalue weighted by Crippen LogP contribution is -2.30. The number of carboxylic acids is 1. The van der Waals surface area contributed by atoms with Gasteiger partial charge < -0.3 is 15.2 Å². The van der Waals surface area contributed by atoms with Crippen molar-refractivity contribution >= 4 is 23.7 Å². The molecule has 108 valence electrons. The molecule has 0 aliphatic rings. The van der Waals surface area contributed by atoms with Crippen LogP contribution in [0.15, 0.2) is 36.9 Å². The highest BCUT2D eigenvalue weighted by Gasteiger charge is 2.17. The van der Waals surface area contributed by atoms with E-state index in [-0.39, 0.29) is 25.5 Å². The van der Waals surface area contributed by atoms with Crippen molar-refractivity contribution in [3.8, 4) is 0 Å². The summed E-state index contributed by atoms with van der Waals surface area (Å²) < 4.78 is 4.76. The van der Waals surface area contributed by atoms with E-state index >= 15 is 0 Å². The summed E-state index contributed by atoms with van der Waals surface area (Å²) in [4.78, 5) is 22.2. The standard InChI is InChI=1S/C14H16ClNO4/c1-2-7-20-14(19)16-9-11(8-13(17)18)10-3-5-12(15)6-4-10/h2-6,11H,1,7-9H2,(H,16,19)(H,17,18). The van der Waals surface area contributed by atoms with Gasteiger partial charge in [0.25, 0.3) is 0 Å². The lowest BCUT2D eigenvalue weighted by atomic mass is 9.96. The molecule has 0 aliphatic carbocycles. The van der Waals surface area contributed by atoms with Gasteiger partial charge in [-0.2, -0.15) is 0 Å². The lowest BCUT2D eigenvalue weighted by molar-refractivity contribution is -0.137. The molecule has 0 fully saturated rings. The number of hydrogen-bond donors (Lipinski definition) is 2. The topological polar surface area (TPSA) is 75.6 Å². The zero-order valence-electron chi connectivity index (χ0n) is 10.8. The van der Waals surface area contributed by atoms with Gasteiger partial charge in [0, 0.05) is 17.5 Å². The lowest BCUT2D eigenvalue weighted by Gasteiger charge is -2.16. The summed E-state index contributed by atoms with van der Waals surface area (Å²) in [6, 6.07) is 6.85. The third-order valence-electron chi connectivity index (χ3n) is 2.59. The number of carboxylic acid groups (broad SMARTS) is 1. The van der Waals surface area contributed by atoms with Crippen molar-refractivity contribution in [2.75, 3.05) is 13.2 Å². The first-order valence-corrected chi connectivity index (χ1v) is 6.39. The Morgan fingerprint density at radius 1 is 1.40 bits per heavy atom. The maximum absolute atomic E-state index is 11.3. The monoisotopic (exact) mass is 297 g/mol. The summed E-state index contributed by atoms with van der Waals surface area (Å²) >= 11 is 5.79. The van der Waals surface area contributed by atoms with Gasteiger partial charge in [-0.1, -0.05) is 36.4 Å². The van der Waals surface area contributed by atoms with Gasteiger partial charge in [0.1, 0.15) is 6.61 Å². The highest BCUT2D eigenvalue weighted by atomic mass is 35.5. The molecule has 1 aromatic carbocycles. The van der Waals surface area contributed by atoms with Gasteiger partial charge in [-0.3, -0.25) is 4.79 Å². The number of nitrogens with one attached hydrogen (secondary N) is 1. The summed E-state index contributed by atoms with van der Waals surface area (Å²) in [5, 5.41) is 12.0. The van der Waals surface area contributed by atoms with Gasteiger partial charge in [0.2, 0.25) is 0 Å². The van der Waals surface area contributed by atoms with Crippen LogP contribution in [0.2, 0.25) is 5.02 Å². The number of halogens is 1. The van der Waals surface area contributed by atoms with E-state index in [1.165, 1.54) is 6.08 Å². The molecule has 20 heavy (non-hydrogen) atoms. The van der Waals surface area contributed by atoms with Crippen molar-refractivity contribution in [2.24, 2.45) is 0 Å². The smallest absolute Gasteiger partial charge is 0.407 e. The van der Waals surface area contributed by atoms with Crippen molar-refractivity contribution < 1.29 is 19.4 Å². The van der Waals surface area contributed by atoms with Gasteiger partial charge in [-0.25, -0.2) is 4.79 Å². The third-order valence-corrected chi connectivity index (χ3v) is 2.84. The number of aliphatic carboxylic acids is 1. The fourth-order valence-electron chi connectivity index (χ4n) is 1.65. The summed E-state index contributed by atoms with van der Waals surface area (Å²) in [6.45, 7) is 3.71. The van der Waals surface area contributed by atoms with Gasteiger partial charge in [0.15, 0.2) is 0 Å². The Bertz CT molecular complexity index is 473. The number of carbonyl (C=O) groups excluding carboxylic acids is 1.